The Labute approximate surface area is 112 Å². The van der Waals surface area contributed by atoms with Gasteiger partial charge in [0.15, 0.2) is 0 Å². The van der Waals surface area contributed by atoms with E-state index in [-0.39, 0.29) is 5.82 Å². The molecule has 4 nitrogen and oxygen atoms in total. The molecule has 1 rings (SSSR count). The summed E-state index contributed by atoms with van der Waals surface area (Å²) in [4.78, 5) is 11.6. The van der Waals surface area contributed by atoms with Crippen molar-refractivity contribution >= 4 is 21.5 Å². The molecule has 0 radical (unpaired) electrons. The maximum absolute atomic E-state index is 12.7. The van der Waals surface area contributed by atoms with Crippen LogP contribution in [0, 0.1) is 5.82 Å². The average molecular weight is 285 g/mol. The molecule has 0 heterocycles. The van der Waals surface area contributed by atoms with Gasteiger partial charge in [-0.05, 0) is 44.0 Å². The molecule has 0 atom stereocenters. The van der Waals surface area contributed by atoms with Crippen molar-refractivity contribution in [2.24, 2.45) is 0 Å². The Morgan fingerprint density at radius 1 is 1.26 bits per heavy atom. The van der Waals surface area contributed by atoms with Crippen molar-refractivity contribution in [2.45, 2.75) is 26.0 Å². The molecule has 0 fully saturated rings. The molecule has 0 saturated heterocycles. The van der Waals surface area contributed by atoms with Crippen LogP contribution in [0.5, 0.6) is 0 Å². The SMILES string of the molecule is C/C(=C\C(=O)NS(=O)(=O)C(C)C)c1ccc(F)cc1. The van der Waals surface area contributed by atoms with E-state index in [1.807, 2.05) is 4.72 Å². The normalized spacial score (nSPS) is 12.6. The van der Waals surface area contributed by atoms with Gasteiger partial charge in [-0.1, -0.05) is 12.1 Å². The highest BCUT2D eigenvalue weighted by atomic mass is 32.2. The summed E-state index contributed by atoms with van der Waals surface area (Å²) in [6, 6.07) is 5.58. The van der Waals surface area contributed by atoms with Crippen LogP contribution in [0.4, 0.5) is 4.39 Å². The molecule has 104 valence electrons. The van der Waals surface area contributed by atoms with E-state index < -0.39 is 21.2 Å². The fourth-order valence-corrected chi connectivity index (χ4v) is 1.86. The number of hydrogen-bond acceptors (Lipinski definition) is 3. The van der Waals surface area contributed by atoms with E-state index in [4.69, 9.17) is 0 Å². The van der Waals surface area contributed by atoms with Crippen LogP contribution in [0.2, 0.25) is 0 Å². The summed E-state index contributed by atoms with van der Waals surface area (Å²) in [5, 5.41) is -0.684. The maximum Gasteiger partial charge on any atom is 0.257 e. The second-order valence-electron chi connectivity index (χ2n) is 4.39. The Morgan fingerprint density at radius 2 is 1.79 bits per heavy atom. The standard InChI is InChI=1S/C13H16FNO3S/c1-9(2)19(17,18)15-13(16)8-10(3)11-4-6-12(14)7-5-11/h4-9H,1-3H3,(H,15,16)/b10-8+. The first-order chi connectivity index (χ1) is 8.72. The highest BCUT2D eigenvalue weighted by Crippen LogP contribution is 2.13. The average Bonchev–Trinajstić information content (AvgIpc) is 2.28. The van der Waals surface area contributed by atoms with Crippen molar-refractivity contribution in [2.75, 3.05) is 0 Å². The molecule has 0 bridgehead atoms. The van der Waals surface area contributed by atoms with Gasteiger partial charge in [0.05, 0.1) is 5.25 Å². The Bertz CT molecular complexity index is 589. The molecule has 0 spiro atoms. The van der Waals surface area contributed by atoms with Gasteiger partial charge in [-0.15, -0.1) is 0 Å². The van der Waals surface area contributed by atoms with Crippen molar-refractivity contribution < 1.29 is 17.6 Å². The first-order valence-corrected chi connectivity index (χ1v) is 7.27. The summed E-state index contributed by atoms with van der Waals surface area (Å²) in [7, 11) is -3.64. The van der Waals surface area contributed by atoms with Crippen LogP contribution in [0.25, 0.3) is 5.57 Å². The Kier molecular flexibility index (Phi) is 4.83. The third kappa shape index (κ3) is 4.48. The van der Waals surface area contributed by atoms with Crippen LogP contribution in [0.15, 0.2) is 30.3 Å². The van der Waals surface area contributed by atoms with E-state index in [0.717, 1.165) is 0 Å². The third-order valence-corrected chi connectivity index (χ3v) is 4.24. The molecular formula is C13H16FNO3S. The predicted molar refractivity (Wildman–Crippen MR) is 72.2 cm³/mol. The highest BCUT2D eigenvalue weighted by molar-refractivity contribution is 7.90. The summed E-state index contributed by atoms with van der Waals surface area (Å²) < 4.78 is 37.7. The lowest BCUT2D eigenvalue weighted by Crippen LogP contribution is -2.34. The number of carbonyl (C=O) groups excluding carboxylic acids is 1. The summed E-state index contributed by atoms with van der Waals surface area (Å²) in [6.07, 6.45) is 1.17. The van der Waals surface area contributed by atoms with E-state index in [9.17, 15) is 17.6 Å². The van der Waals surface area contributed by atoms with Crippen LogP contribution < -0.4 is 4.72 Å². The van der Waals surface area contributed by atoms with Gasteiger partial charge < -0.3 is 0 Å². The number of nitrogens with one attached hydrogen (secondary N) is 1. The summed E-state index contributed by atoms with van der Waals surface area (Å²) in [6.45, 7) is 4.60. The third-order valence-electron chi connectivity index (χ3n) is 2.51. The van der Waals surface area contributed by atoms with Crippen molar-refractivity contribution in [3.8, 4) is 0 Å². The number of rotatable bonds is 4. The van der Waals surface area contributed by atoms with Crippen LogP contribution in [-0.2, 0) is 14.8 Å². The zero-order valence-corrected chi connectivity index (χ0v) is 11.8. The van der Waals surface area contributed by atoms with Gasteiger partial charge in [0, 0.05) is 6.08 Å². The zero-order chi connectivity index (χ0) is 14.6. The first kappa shape index (κ1) is 15.4. The zero-order valence-electron chi connectivity index (χ0n) is 11.0. The summed E-state index contributed by atoms with van der Waals surface area (Å²) in [5.74, 6) is -1.08. The number of allylic oxidation sites excluding steroid dienone is 1. The minimum atomic E-state index is -3.64. The van der Waals surface area contributed by atoms with Crippen molar-refractivity contribution in [1.29, 1.82) is 0 Å². The largest absolute Gasteiger partial charge is 0.269 e. The monoisotopic (exact) mass is 285 g/mol. The number of benzene rings is 1. The molecule has 0 saturated carbocycles. The van der Waals surface area contributed by atoms with E-state index in [1.54, 1.807) is 6.92 Å². The molecular weight excluding hydrogens is 269 g/mol. The molecule has 0 aliphatic rings. The van der Waals surface area contributed by atoms with Gasteiger partial charge in [0.2, 0.25) is 10.0 Å². The second kappa shape index (κ2) is 5.97. The van der Waals surface area contributed by atoms with Gasteiger partial charge in [0.1, 0.15) is 5.82 Å². The van der Waals surface area contributed by atoms with E-state index >= 15 is 0 Å². The fourth-order valence-electron chi connectivity index (χ4n) is 1.28. The molecule has 0 unspecified atom stereocenters. The lowest BCUT2D eigenvalue weighted by Gasteiger charge is -2.08. The lowest BCUT2D eigenvalue weighted by atomic mass is 10.1. The maximum atomic E-state index is 12.7. The number of carbonyl (C=O) groups is 1. The smallest absolute Gasteiger partial charge is 0.257 e. The minimum absolute atomic E-state index is 0.372. The van der Waals surface area contributed by atoms with Crippen LogP contribution in [0.1, 0.15) is 26.3 Å². The molecule has 0 aromatic heterocycles. The molecule has 1 amide bonds. The molecule has 1 N–H and O–H groups in total. The second-order valence-corrected chi connectivity index (χ2v) is 6.63. The van der Waals surface area contributed by atoms with Gasteiger partial charge in [-0.2, -0.15) is 0 Å². The van der Waals surface area contributed by atoms with E-state index in [0.29, 0.717) is 11.1 Å². The fraction of sp³-hybridized carbons (Fsp3) is 0.308. The van der Waals surface area contributed by atoms with Crippen LogP contribution in [-0.4, -0.2) is 19.6 Å². The molecule has 1 aromatic rings. The molecule has 1 aromatic carbocycles. The Balaban J connectivity index is 2.85. The van der Waals surface area contributed by atoms with E-state index in [2.05, 4.69) is 0 Å². The van der Waals surface area contributed by atoms with Gasteiger partial charge in [-0.3, -0.25) is 4.79 Å². The van der Waals surface area contributed by atoms with Gasteiger partial charge in [0.25, 0.3) is 5.91 Å². The van der Waals surface area contributed by atoms with Crippen molar-refractivity contribution in [3.05, 3.63) is 41.7 Å². The number of amides is 1. The van der Waals surface area contributed by atoms with Crippen LogP contribution >= 0.6 is 0 Å². The Hall–Kier alpha value is -1.69. The van der Waals surface area contributed by atoms with Crippen LogP contribution in [0.3, 0.4) is 0 Å². The van der Waals surface area contributed by atoms with Crippen molar-refractivity contribution in [3.63, 3.8) is 0 Å². The van der Waals surface area contributed by atoms with Gasteiger partial charge in [-0.25, -0.2) is 17.5 Å². The quantitative estimate of drug-likeness (QED) is 0.862. The minimum Gasteiger partial charge on any atom is -0.269 e. The van der Waals surface area contributed by atoms with Gasteiger partial charge >= 0.3 is 0 Å². The molecule has 0 aliphatic heterocycles. The molecule has 19 heavy (non-hydrogen) atoms. The number of hydrogen-bond donors (Lipinski definition) is 1. The summed E-state index contributed by atoms with van der Waals surface area (Å²) >= 11 is 0. The molecule has 0 aliphatic carbocycles. The van der Waals surface area contributed by atoms with Crippen molar-refractivity contribution in [1.82, 2.24) is 4.72 Å². The van der Waals surface area contributed by atoms with E-state index in [1.165, 1.54) is 44.2 Å². The topological polar surface area (TPSA) is 63.2 Å². The number of sulfonamides is 1. The lowest BCUT2D eigenvalue weighted by molar-refractivity contribution is -0.114. The first-order valence-electron chi connectivity index (χ1n) is 5.72. The number of halogens is 1. The molecule has 6 heteroatoms. The Morgan fingerprint density at radius 3 is 2.26 bits per heavy atom. The predicted octanol–water partition coefficient (Wildman–Crippen LogP) is 2.08. The summed E-state index contributed by atoms with van der Waals surface area (Å²) in [5.41, 5.74) is 1.20. The highest BCUT2D eigenvalue weighted by Gasteiger charge is 2.17.